The standard InChI is InChI=1S/C19H26N4O2/c1-3-25-19(24)20-17-10-7-11-23(14-17)13-16-12-22(2)21-18(16)15-8-5-4-6-9-15/h4-6,8-9,12,17H,3,7,10-11,13-14H2,1-2H3,(H,20,24). The lowest BCUT2D eigenvalue weighted by Gasteiger charge is -2.32. The fraction of sp³-hybridized carbons (Fsp3) is 0.474. The van der Waals surface area contributed by atoms with Gasteiger partial charge in [-0.1, -0.05) is 30.3 Å². The summed E-state index contributed by atoms with van der Waals surface area (Å²) in [5.41, 5.74) is 3.38. The number of likely N-dealkylation sites (tertiary alicyclic amines) is 1. The fourth-order valence-corrected chi connectivity index (χ4v) is 3.39. The zero-order chi connectivity index (χ0) is 17.6. The summed E-state index contributed by atoms with van der Waals surface area (Å²) in [6.45, 7) is 4.92. The Morgan fingerprint density at radius 1 is 1.36 bits per heavy atom. The van der Waals surface area contributed by atoms with Gasteiger partial charge >= 0.3 is 6.09 Å². The van der Waals surface area contributed by atoms with E-state index in [4.69, 9.17) is 4.74 Å². The number of aromatic nitrogens is 2. The van der Waals surface area contributed by atoms with Gasteiger partial charge in [-0.25, -0.2) is 4.79 Å². The molecule has 0 aliphatic carbocycles. The molecule has 1 saturated heterocycles. The number of rotatable bonds is 5. The topological polar surface area (TPSA) is 59.4 Å². The van der Waals surface area contributed by atoms with Crippen LogP contribution in [0, 0.1) is 0 Å². The van der Waals surface area contributed by atoms with Crippen molar-refractivity contribution in [2.75, 3.05) is 19.7 Å². The molecular weight excluding hydrogens is 316 g/mol. The van der Waals surface area contributed by atoms with E-state index in [-0.39, 0.29) is 12.1 Å². The van der Waals surface area contributed by atoms with Crippen molar-refractivity contribution < 1.29 is 9.53 Å². The van der Waals surface area contributed by atoms with Gasteiger partial charge < -0.3 is 10.1 Å². The zero-order valence-electron chi connectivity index (χ0n) is 14.9. The van der Waals surface area contributed by atoms with Gasteiger partial charge in [0.2, 0.25) is 0 Å². The van der Waals surface area contributed by atoms with Crippen molar-refractivity contribution in [1.29, 1.82) is 0 Å². The number of carbonyl (C=O) groups excluding carboxylic acids is 1. The SMILES string of the molecule is CCOC(=O)NC1CCCN(Cc2cn(C)nc2-c2ccccc2)C1. The number of nitrogens with one attached hydrogen (secondary N) is 1. The van der Waals surface area contributed by atoms with Gasteiger partial charge in [0.25, 0.3) is 0 Å². The summed E-state index contributed by atoms with van der Waals surface area (Å²) in [6.07, 6.45) is 3.83. The molecule has 3 rings (SSSR count). The van der Waals surface area contributed by atoms with Gasteiger partial charge in [0.15, 0.2) is 0 Å². The molecule has 134 valence electrons. The molecule has 25 heavy (non-hydrogen) atoms. The van der Waals surface area contributed by atoms with Gasteiger partial charge in [0, 0.05) is 43.5 Å². The van der Waals surface area contributed by atoms with Gasteiger partial charge in [-0.2, -0.15) is 5.10 Å². The van der Waals surface area contributed by atoms with Crippen molar-refractivity contribution in [1.82, 2.24) is 20.0 Å². The molecule has 1 amide bonds. The van der Waals surface area contributed by atoms with Crippen LogP contribution in [0.1, 0.15) is 25.3 Å². The maximum atomic E-state index is 11.7. The maximum Gasteiger partial charge on any atom is 0.407 e. The number of hydrogen-bond donors (Lipinski definition) is 1. The summed E-state index contributed by atoms with van der Waals surface area (Å²) >= 11 is 0. The van der Waals surface area contributed by atoms with Crippen molar-refractivity contribution in [3.05, 3.63) is 42.1 Å². The average molecular weight is 342 g/mol. The third-order valence-corrected chi connectivity index (χ3v) is 4.45. The fourth-order valence-electron chi connectivity index (χ4n) is 3.39. The number of carbonyl (C=O) groups is 1. The monoisotopic (exact) mass is 342 g/mol. The molecular formula is C19H26N4O2. The Bertz CT molecular complexity index is 699. The molecule has 0 bridgehead atoms. The molecule has 1 unspecified atom stereocenters. The molecule has 1 aliphatic rings. The Hall–Kier alpha value is -2.34. The van der Waals surface area contributed by atoms with Gasteiger partial charge in [-0.05, 0) is 26.3 Å². The summed E-state index contributed by atoms with van der Waals surface area (Å²) in [4.78, 5) is 14.0. The first-order valence-electron chi connectivity index (χ1n) is 8.89. The average Bonchev–Trinajstić information content (AvgIpc) is 2.96. The highest BCUT2D eigenvalue weighted by Crippen LogP contribution is 2.24. The van der Waals surface area contributed by atoms with E-state index in [1.54, 1.807) is 0 Å². The van der Waals surface area contributed by atoms with Crippen molar-refractivity contribution in [2.45, 2.75) is 32.4 Å². The van der Waals surface area contributed by atoms with E-state index in [1.165, 1.54) is 5.56 Å². The molecule has 6 nitrogen and oxygen atoms in total. The predicted molar refractivity (Wildman–Crippen MR) is 97.1 cm³/mol. The number of piperidine rings is 1. The highest BCUT2D eigenvalue weighted by atomic mass is 16.5. The molecule has 2 aromatic rings. The van der Waals surface area contributed by atoms with Crippen LogP contribution in [0.2, 0.25) is 0 Å². The number of hydrogen-bond acceptors (Lipinski definition) is 4. The Morgan fingerprint density at radius 2 is 2.16 bits per heavy atom. The van der Waals surface area contributed by atoms with E-state index in [0.29, 0.717) is 6.61 Å². The summed E-state index contributed by atoms with van der Waals surface area (Å²) in [5.74, 6) is 0. The summed E-state index contributed by atoms with van der Waals surface area (Å²) < 4.78 is 6.87. The van der Waals surface area contributed by atoms with Gasteiger partial charge in [-0.15, -0.1) is 0 Å². The van der Waals surface area contributed by atoms with E-state index in [9.17, 15) is 4.79 Å². The maximum absolute atomic E-state index is 11.7. The Labute approximate surface area is 148 Å². The minimum absolute atomic E-state index is 0.143. The van der Waals surface area contributed by atoms with E-state index in [1.807, 2.05) is 36.9 Å². The first kappa shape index (κ1) is 17.5. The first-order valence-corrected chi connectivity index (χ1v) is 8.89. The molecule has 0 radical (unpaired) electrons. The minimum Gasteiger partial charge on any atom is -0.450 e. The lowest BCUT2D eigenvalue weighted by atomic mass is 10.0. The summed E-state index contributed by atoms with van der Waals surface area (Å²) in [5, 5.41) is 7.60. The molecule has 6 heteroatoms. The van der Waals surface area contributed by atoms with Crippen LogP contribution in [0.5, 0.6) is 0 Å². The second-order valence-corrected chi connectivity index (χ2v) is 6.48. The Balaban J connectivity index is 1.67. The number of aryl methyl sites for hydroxylation is 1. The van der Waals surface area contributed by atoms with Crippen molar-refractivity contribution in [3.63, 3.8) is 0 Å². The van der Waals surface area contributed by atoms with E-state index in [0.717, 1.165) is 43.7 Å². The highest BCUT2D eigenvalue weighted by Gasteiger charge is 2.23. The number of alkyl carbamates (subject to hydrolysis) is 1. The third kappa shape index (κ3) is 4.60. The quantitative estimate of drug-likeness (QED) is 0.908. The number of nitrogens with zero attached hydrogens (tertiary/aromatic N) is 3. The van der Waals surface area contributed by atoms with E-state index >= 15 is 0 Å². The smallest absolute Gasteiger partial charge is 0.407 e. The molecule has 1 fully saturated rings. The highest BCUT2D eigenvalue weighted by molar-refractivity contribution is 5.67. The molecule has 1 N–H and O–H groups in total. The minimum atomic E-state index is -0.319. The molecule has 1 aromatic carbocycles. The van der Waals surface area contributed by atoms with Gasteiger partial charge in [0.1, 0.15) is 0 Å². The Morgan fingerprint density at radius 3 is 2.92 bits per heavy atom. The molecule has 2 heterocycles. The van der Waals surface area contributed by atoms with Crippen LogP contribution < -0.4 is 5.32 Å². The lowest BCUT2D eigenvalue weighted by molar-refractivity contribution is 0.132. The van der Waals surface area contributed by atoms with Crippen LogP contribution in [-0.4, -0.2) is 46.5 Å². The van der Waals surface area contributed by atoms with Crippen molar-refractivity contribution >= 4 is 6.09 Å². The third-order valence-electron chi connectivity index (χ3n) is 4.45. The largest absolute Gasteiger partial charge is 0.450 e. The molecule has 0 spiro atoms. The molecule has 1 aromatic heterocycles. The van der Waals surface area contributed by atoms with Crippen molar-refractivity contribution in [2.24, 2.45) is 7.05 Å². The van der Waals surface area contributed by atoms with Crippen LogP contribution in [-0.2, 0) is 18.3 Å². The van der Waals surface area contributed by atoms with Crippen molar-refractivity contribution in [3.8, 4) is 11.3 Å². The lowest BCUT2D eigenvalue weighted by Crippen LogP contribution is -2.47. The van der Waals surface area contributed by atoms with Crippen LogP contribution in [0.25, 0.3) is 11.3 Å². The second-order valence-electron chi connectivity index (χ2n) is 6.48. The molecule has 0 saturated carbocycles. The molecule has 1 atom stereocenters. The van der Waals surface area contributed by atoms with Crippen LogP contribution in [0.15, 0.2) is 36.5 Å². The van der Waals surface area contributed by atoms with Gasteiger partial charge in [0.05, 0.1) is 12.3 Å². The predicted octanol–water partition coefficient (Wildman–Crippen LogP) is 2.80. The van der Waals surface area contributed by atoms with E-state index in [2.05, 4.69) is 33.6 Å². The zero-order valence-corrected chi connectivity index (χ0v) is 14.9. The first-order chi connectivity index (χ1) is 12.2. The summed E-state index contributed by atoms with van der Waals surface area (Å²) in [7, 11) is 1.96. The number of amides is 1. The number of ether oxygens (including phenoxy) is 1. The van der Waals surface area contributed by atoms with Gasteiger partial charge in [-0.3, -0.25) is 9.58 Å². The molecule has 1 aliphatic heterocycles. The Kier molecular flexibility index (Phi) is 5.71. The number of benzene rings is 1. The summed E-state index contributed by atoms with van der Waals surface area (Å²) in [6, 6.07) is 10.4. The normalized spacial score (nSPS) is 18.1. The van der Waals surface area contributed by atoms with E-state index < -0.39 is 0 Å². The second kappa shape index (κ2) is 8.16. The van der Waals surface area contributed by atoms with Crippen LogP contribution >= 0.6 is 0 Å². The van der Waals surface area contributed by atoms with Crippen LogP contribution in [0.3, 0.4) is 0 Å². The van der Waals surface area contributed by atoms with Crippen LogP contribution in [0.4, 0.5) is 4.79 Å².